The van der Waals surface area contributed by atoms with Crippen LogP contribution in [0.1, 0.15) is 17.2 Å². The highest BCUT2D eigenvalue weighted by Gasteiger charge is 2.24. The zero-order chi connectivity index (χ0) is 16.5. The van der Waals surface area contributed by atoms with Crippen molar-refractivity contribution < 1.29 is 4.39 Å². The molecule has 1 fully saturated rings. The lowest BCUT2D eigenvalue weighted by Gasteiger charge is -2.36. The highest BCUT2D eigenvalue weighted by molar-refractivity contribution is 5.85. The zero-order valence-corrected chi connectivity index (χ0v) is 14.8. The molecule has 1 unspecified atom stereocenters. The van der Waals surface area contributed by atoms with Crippen LogP contribution in [0.15, 0.2) is 42.5 Å². The molecule has 1 saturated heterocycles. The van der Waals surface area contributed by atoms with Gasteiger partial charge in [-0.15, -0.1) is 17.5 Å². The quantitative estimate of drug-likeness (QED) is 0.779. The predicted octanol–water partition coefficient (Wildman–Crippen LogP) is 2.68. The van der Waals surface area contributed by atoms with Crippen LogP contribution in [0.5, 0.6) is 0 Å². The summed E-state index contributed by atoms with van der Waals surface area (Å²) >= 11 is 0. The molecule has 5 nitrogen and oxygen atoms in total. The minimum absolute atomic E-state index is 0. The van der Waals surface area contributed by atoms with Gasteiger partial charge in [-0.3, -0.25) is 4.90 Å². The topological polar surface area (TPSA) is 46.0 Å². The molecule has 1 atom stereocenters. The monoisotopic (exact) mass is 361 g/mol. The summed E-state index contributed by atoms with van der Waals surface area (Å²) in [6, 6.07) is 13.4. The van der Waals surface area contributed by atoms with Crippen molar-refractivity contribution in [2.24, 2.45) is 7.05 Å². The third-order valence-electron chi connectivity index (χ3n) is 4.65. The van der Waals surface area contributed by atoms with Gasteiger partial charge in [-0.05, 0) is 35.4 Å². The molecular weight excluding hydrogens is 341 g/mol. The molecule has 0 bridgehead atoms. The van der Waals surface area contributed by atoms with Gasteiger partial charge in [-0.2, -0.15) is 0 Å². The van der Waals surface area contributed by atoms with Crippen molar-refractivity contribution in [3.63, 3.8) is 0 Å². The maximum atomic E-state index is 13.6. The van der Waals surface area contributed by atoms with Crippen LogP contribution in [-0.4, -0.2) is 39.5 Å². The van der Waals surface area contributed by atoms with Crippen LogP contribution in [0, 0.1) is 5.82 Å². The van der Waals surface area contributed by atoms with E-state index in [9.17, 15) is 4.39 Å². The smallest absolute Gasteiger partial charge is 0.123 e. The fourth-order valence-electron chi connectivity index (χ4n) is 3.40. The van der Waals surface area contributed by atoms with E-state index in [2.05, 4.69) is 38.7 Å². The van der Waals surface area contributed by atoms with Crippen LogP contribution < -0.4 is 5.32 Å². The van der Waals surface area contributed by atoms with Crippen molar-refractivity contribution in [3.05, 3.63) is 59.4 Å². The second-order valence-corrected chi connectivity index (χ2v) is 6.28. The standard InChI is InChI=1S/C18H20FN5.ClH/c1-23-17-6-5-13(9-16(17)21-22-23)12-24-8-7-20-11-18(24)14-3-2-4-15(19)10-14;/h2-6,9-10,18,20H,7-8,11-12H2,1H3;1H. The van der Waals surface area contributed by atoms with E-state index in [0.717, 1.165) is 42.8 Å². The first-order valence-corrected chi connectivity index (χ1v) is 8.19. The minimum atomic E-state index is -0.181. The number of hydrogen-bond donors (Lipinski definition) is 1. The molecule has 0 saturated carbocycles. The number of nitrogens with zero attached hydrogens (tertiary/aromatic N) is 4. The molecule has 25 heavy (non-hydrogen) atoms. The Labute approximate surface area is 152 Å². The van der Waals surface area contributed by atoms with Gasteiger partial charge < -0.3 is 5.32 Å². The number of halogens is 2. The summed E-state index contributed by atoms with van der Waals surface area (Å²) in [6.07, 6.45) is 0. The molecule has 1 aliphatic heterocycles. The maximum absolute atomic E-state index is 13.6. The largest absolute Gasteiger partial charge is 0.314 e. The minimum Gasteiger partial charge on any atom is -0.314 e. The van der Waals surface area contributed by atoms with Crippen molar-refractivity contribution in [3.8, 4) is 0 Å². The van der Waals surface area contributed by atoms with Crippen LogP contribution >= 0.6 is 12.4 Å². The molecule has 2 aromatic carbocycles. The van der Waals surface area contributed by atoms with E-state index in [1.54, 1.807) is 16.8 Å². The Balaban J connectivity index is 0.00000182. The number of hydrogen-bond acceptors (Lipinski definition) is 4. The van der Waals surface area contributed by atoms with E-state index in [0.29, 0.717) is 0 Å². The van der Waals surface area contributed by atoms with Crippen LogP contribution in [0.4, 0.5) is 4.39 Å². The number of piperazine rings is 1. The average molecular weight is 362 g/mol. The molecule has 1 aromatic heterocycles. The maximum Gasteiger partial charge on any atom is 0.123 e. The summed E-state index contributed by atoms with van der Waals surface area (Å²) in [5.41, 5.74) is 4.15. The molecule has 0 spiro atoms. The first-order valence-electron chi connectivity index (χ1n) is 8.19. The summed E-state index contributed by atoms with van der Waals surface area (Å²) in [5.74, 6) is -0.181. The number of benzene rings is 2. The highest BCUT2D eigenvalue weighted by Crippen LogP contribution is 2.25. The number of rotatable bonds is 3. The molecule has 132 valence electrons. The molecule has 3 aromatic rings. The van der Waals surface area contributed by atoms with Gasteiger partial charge in [0.25, 0.3) is 0 Å². The Hall–Kier alpha value is -2.02. The molecule has 1 N–H and O–H groups in total. The van der Waals surface area contributed by atoms with E-state index in [1.165, 1.54) is 11.6 Å². The van der Waals surface area contributed by atoms with Gasteiger partial charge in [0.1, 0.15) is 11.3 Å². The molecular formula is C18H21ClFN5. The summed E-state index contributed by atoms with van der Waals surface area (Å²) in [5, 5.41) is 11.7. The van der Waals surface area contributed by atoms with Crippen LogP contribution in [-0.2, 0) is 13.6 Å². The lowest BCUT2D eigenvalue weighted by molar-refractivity contribution is 0.153. The van der Waals surface area contributed by atoms with Gasteiger partial charge >= 0.3 is 0 Å². The fraction of sp³-hybridized carbons (Fsp3) is 0.333. The molecule has 7 heteroatoms. The van der Waals surface area contributed by atoms with Crippen molar-refractivity contribution in [1.29, 1.82) is 0 Å². The number of aryl methyl sites for hydroxylation is 1. The van der Waals surface area contributed by atoms with E-state index < -0.39 is 0 Å². The predicted molar refractivity (Wildman–Crippen MR) is 98.2 cm³/mol. The molecule has 0 amide bonds. The van der Waals surface area contributed by atoms with Crippen LogP contribution in [0.25, 0.3) is 11.0 Å². The van der Waals surface area contributed by atoms with Crippen LogP contribution in [0.3, 0.4) is 0 Å². The summed E-state index contributed by atoms with van der Waals surface area (Å²) in [7, 11) is 1.89. The first-order chi connectivity index (χ1) is 11.7. The van der Waals surface area contributed by atoms with E-state index in [-0.39, 0.29) is 24.3 Å². The van der Waals surface area contributed by atoms with Gasteiger partial charge in [0.15, 0.2) is 0 Å². The molecule has 0 radical (unpaired) electrons. The summed E-state index contributed by atoms with van der Waals surface area (Å²) < 4.78 is 15.4. The fourth-order valence-corrected chi connectivity index (χ4v) is 3.40. The lowest BCUT2D eigenvalue weighted by Crippen LogP contribution is -2.45. The van der Waals surface area contributed by atoms with Crippen molar-refractivity contribution in [2.75, 3.05) is 19.6 Å². The molecule has 4 rings (SSSR count). The number of fused-ring (bicyclic) bond motifs is 1. The Bertz CT molecular complexity index is 866. The first kappa shape index (κ1) is 17.8. The van der Waals surface area contributed by atoms with E-state index >= 15 is 0 Å². The van der Waals surface area contributed by atoms with Crippen LogP contribution in [0.2, 0.25) is 0 Å². The molecule has 1 aliphatic rings. The Kier molecular flexibility index (Phi) is 5.32. The highest BCUT2D eigenvalue weighted by atomic mass is 35.5. The van der Waals surface area contributed by atoms with Gasteiger partial charge in [0.2, 0.25) is 0 Å². The SMILES string of the molecule is Cl.Cn1nnc2cc(CN3CCNCC3c3cccc(F)c3)ccc21. The van der Waals surface area contributed by atoms with E-state index in [1.807, 2.05) is 13.1 Å². The second kappa shape index (κ2) is 7.47. The third kappa shape index (κ3) is 3.66. The van der Waals surface area contributed by atoms with Gasteiger partial charge in [-0.25, -0.2) is 9.07 Å². The zero-order valence-electron chi connectivity index (χ0n) is 14.0. The second-order valence-electron chi connectivity index (χ2n) is 6.28. The Morgan fingerprint density at radius 1 is 1.24 bits per heavy atom. The summed E-state index contributed by atoms with van der Waals surface area (Å²) in [4.78, 5) is 2.39. The van der Waals surface area contributed by atoms with Crippen molar-refractivity contribution in [1.82, 2.24) is 25.2 Å². The molecule has 0 aliphatic carbocycles. The Morgan fingerprint density at radius 3 is 2.96 bits per heavy atom. The third-order valence-corrected chi connectivity index (χ3v) is 4.65. The van der Waals surface area contributed by atoms with Crippen molar-refractivity contribution >= 4 is 23.4 Å². The lowest BCUT2D eigenvalue weighted by atomic mass is 10.0. The van der Waals surface area contributed by atoms with Gasteiger partial charge in [-0.1, -0.05) is 23.4 Å². The number of aromatic nitrogens is 3. The Morgan fingerprint density at radius 2 is 2.12 bits per heavy atom. The van der Waals surface area contributed by atoms with E-state index in [4.69, 9.17) is 0 Å². The summed E-state index contributed by atoms with van der Waals surface area (Å²) in [6.45, 7) is 3.52. The average Bonchev–Trinajstić information content (AvgIpc) is 2.96. The van der Waals surface area contributed by atoms with Gasteiger partial charge in [0, 0.05) is 39.3 Å². The number of nitrogens with one attached hydrogen (secondary N) is 1. The normalized spacial score (nSPS) is 18.2. The van der Waals surface area contributed by atoms with Crippen molar-refractivity contribution in [2.45, 2.75) is 12.6 Å². The molecule has 2 heterocycles. The van der Waals surface area contributed by atoms with Gasteiger partial charge in [0.05, 0.1) is 5.52 Å².